The van der Waals surface area contributed by atoms with Crippen LogP contribution in [-0.2, 0) is 0 Å². The Morgan fingerprint density at radius 2 is 2.25 bits per heavy atom. The van der Waals surface area contributed by atoms with Gasteiger partial charge in [0.1, 0.15) is 0 Å². The van der Waals surface area contributed by atoms with E-state index in [0.29, 0.717) is 0 Å². The first-order valence-electron chi connectivity index (χ1n) is 6.71. The van der Waals surface area contributed by atoms with E-state index in [4.69, 9.17) is 0 Å². The van der Waals surface area contributed by atoms with Gasteiger partial charge in [0.2, 0.25) is 0 Å². The van der Waals surface area contributed by atoms with Crippen molar-refractivity contribution in [3.8, 4) is 0 Å². The molecule has 1 unspecified atom stereocenters. The summed E-state index contributed by atoms with van der Waals surface area (Å²) in [7, 11) is 0. The Bertz CT molecular complexity index is 530. The molecule has 1 fully saturated rings. The van der Waals surface area contributed by atoms with Crippen molar-refractivity contribution < 1.29 is 14.8 Å². The third kappa shape index (κ3) is 2.80. The van der Waals surface area contributed by atoms with Gasteiger partial charge in [0.15, 0.2) is 5.78 Å². The van der Waals surface area contributed by atoms with Crippen LogP contribution < -0.4 is 4.90 Å². The number of anilines is 1. The first kappa shape index (κ1) is 14.5. The molecule has 108 valence electrons. The Morgan fingerprint density at radius 3 is 2.85 bits per heavy atom. The van der Waals surface area contributed by atoms with Crippen molar-refractivity contribution in [2.45, 2.75) is 32.2 Å². The predicted octanol–water partition coefficient (Wildman–Crippen LogP) is 2.15. The molecular weight excluding hydrogens is 260 g/mol. The number of aliphatic hydroxyl groups is 1. The third-order valence-electron chi connectivity index (χ3n) is 3.73. The molecule has 1 aromatic carbocycles. The first-order chi connectivity index (χ1) is 9.54. The smallest absolute Gasteiger partial charge is 0.280 e. The molecule has 1 atom stereocenters. The van der Waals surface area contributed by atoms with Crippen LogP contribution in [0.3, 0.4) is 0 Å². The number of hydrogen-bond donors (Lipinski definition) is 1. The van der Waals surface area contributed by atoms with Gasteiger partial charge < -0.3 is 10.0 Å². The summed E-state index contributed by atoms with van der Waals surface area (Å²) in [5, 5.41) is 20.4. The van der Waals surface area contributed by atoms with Crippen LogP contribution in [-0.4, -0.2) is 35.0 Å². The van der Waals surface area contributed by atoms with Crippen LogP contribution in [0.15, 0.2) is 18.2 Å². The van der Waals surface area contributed by atoms with E-state index in [1.165, 1.54) is 13.0 Å². The average molecular weight is 278 g/mol. The average Bonchev–Trinajstić information content (AvgIpc) is 2.46. The number of rotatable bonds is 4. The lowest BCUT2D eigenvalue weighted by Crippen LogP contribution is -2.42. The molecule has 0 aromatic heterocycles. The molecule has 1 aliphatic heterocycles. The summed E-state index contributed by atoms with van der Waals surface area (Å²) in [6.07, 6.45) is 2.97. The minimum atomic E-state index is -0.541. The van der Waals surface area contributed by atoms with Crippen molar-refractivity contribution in [3.05, 3.63) is 33.9 Å². The van der Waals surface area contributed by atoms with Gasteiger partial charge in [-0.3, -0.25) is 14.9 Å². The molecule has 6 heteroatoms. The van der Waals surface area contributed by atoms with Crippen LogP contribution in [0.2, 0.25) is 0 Å². The summed E-state index contributed by atoms with van der Waals surface area (Å²) in [4.78, 5) is 24.0. The number of piperidine rings is 1. The number of nitro benzene ring substituents is 1. The molecule has 2 rings (SSSR count). The number of nitro groups is 1. The molecule has 1 aromatic rings. The molecule has 0 saturated carbocycles. The molecule has 1 N–H and O–H groups in total. The number of Topliss-reactive ketones (excluding diaryl/α,β-unsaturated/α-hetero) is 1. The van der Waals surface area contributed by atoms with Gasteiger partial charge in [-0.25, -0.2) is 0 Å². The Hall–Kier alpha value is -1.95. The van der Waals surface area contributed by atoms with Crippen LogP contribution in [0.1, 0.15) is 36.5 Å². The molecule has 20 heavy (non-hydrogen) atoms. The van der Waals surface area contributed by atoms with Gasteiger partial charge in [-0.15, -0.1) is 0 Å². The molecule has 0 spiro atoms. The standard InChI is InChI=1S/C14H18N2O4/c1-10(18)13-8-11(5-6-14(13)16(19)20)15-7-3-2-4-12(15)9-17/h5-6,8,12,17H,2-4,7,9H2,1H3. The van der Waals surface area contributed by atoms with Crippen LogP contribution in [0.4, 0.5) is 11.4 Å². The molecule has 1 heterocycles. The zero-order chi connectivity index (χ0) is 14.7. The van der Waals surface area contributed by atoms with Crippen molar-refractivity contribution in [1.29, 1.82) is 0 Å². The predicted molar refractivity (Wildman–Crippen MR) is 75.2 cm³/mol. The molecule has 1 aliphatic rings. The lowest BCUT2D eigenvalue weighted by atomic mass is 10.0. The van der Waals surface area contributed by atoms with Crippen molar-refractivity contribution in [2.24, 2.45) is 0 Å². The topological polar surface area (TPSA) is 83.7 Å². The van der Waals surface area contributed by atoms with Crippen molar-refractivity contribution in [1.82, 2.24) is 0 Å². The van der Waals surface area contributed by atoms with E-state index in [0.717, 1.165) is 31.5 Å². The highest BCUT2D eigenvalue weighted by atomic mass is 16.6. The summed E-state index contributed by atoms with van der Waals surface area (Å²) in [5.41, 5.74) is 0.716. The maximum atomic E-state index is 11.6. The molecule has 0 amide bonds. The second kappa shape index (κ2) is 6.00. The first-order valence-corrected chi connectivity index (χ1v) is 6.71. The summed E-state index contributed by atoms with van der Waals surface area (Å²) in [5.74, 6) is -0.323. The molecule has 0 aliphatic carbocycles. The van der Waals surface area contributed by atoms with Gasteiger partial charge in [0, 0.05) is 18.3 Å². The largest absolute Gasteiger partial charge is 0.394 e. The summed E-state index contributed by atoms with van der Waals surface area (Å²) in [6.45, 7) is 2.17. The summed E-state index contributed by atoms with van der Waals surface area (Å²) in [6, 6.07) is 4.60. The molecule has 0 radical (unpaired) electrons. The highest BCUT2D eigenvalue weighted by Crippen LogP contribution is 2.29. The lowest BCUT2D eigenvalue weighted by molar-refractivity contribution is -0.385. The van der Waals surface area contributed by atoms with E-state index < -0.39 is 4.92 Å². The van der Waals surface area contributed by atoms with Crippen LogP contribution in [0.25, 0.3) is 0 Å². The van der Waals surface area contributed by atoms with E-state index in [-0.39, 0.29) is 29.7 Å². The number of carbonyl (C=O) groups is 1. The van der Waals surface area contributed by atoms with Gasteiger partial charge in [0.05, 0.1) is 23.1 Å². The minimum absolute atomic E-state index is 0.0185. The summed E-state index contributed by atoms with van der Waals surface area (Å²) >= 11 is 0. The lowest BCUT2D eigenvalue weighted by Gasteiger charge is -2.36. The fraction of sp³-hybridized carbons (Fsp3) is 0.500. The number of aliphatic hydroxyl groups excluding tert-OH is 1. The third-order valence-corrected chi connectivity index (χ3v) is 3.73. The van der Waals surface area contributed by atoms with Gasteiger partial charge in [-0.05, 0) is 38.3 Å². The number of hydrogen-bond acceptors (Lipinski definition) is 5. The summed E-state index contributed by atoms with van der Waals surface area (Å²) < 4.78 is 0. The van der Waals surface area contributed by atoms with Crippen LogP contribution >= 0.6 is 0 Å². The van der Waals surface area contributed by atoms with E-state index in [1.807, 2.05) is 4.90 Å². The highest BCUT2D eigenvalue weighted by molar-refractivity contribution is 5.99. The molecule has 0 bridgehead atoms. The fourth-order valence-corrected chi connectivity index (χ4v) is 2.67. The van der Waals surface area contributed by atoms with E-state index in [1.54, 1.807) is 12.1 Å². The molecule has 1 saturated heterocycles. The zero-order valence-electron chi connectivity index (χ0n) is 11.4. The second-order valence-electron chi connectivity index (χ2n) is 5.04. The van der Waals surface area contributed by atoms with Gasteiger partial charge in [-0.1, -0.05) is 0 Å². The quantitative estimate of drug-likeness (QED) is 0.518. The van der Waals surface area contributed by atoms with Crippen molar-refractivity contribution >= 4 is 17.2 Å². The Balaban J connectivity index is 2.39. The van der Waals surface area contributed by atoms with Crippen molar-refractivity contribution in [3.63, 3.8) is 0 Å². The van der Waals surface area contributed by atoms with E-state index in [9.17, 15) is 20.0 Å². The normalized spacial score (nSPS) is 18.9. The Morgan fingerprint density at radius 1 is 1.50 bits per heavy atom. The van der Waals surface area contributed by atoms with Crippen LogP contribution in [0.5, 0.6) is 0 Å². The minimum Gasteiger partial charge on any atom is -0.394 e. The van der Waals surface area contributed by atoms with Gasteiger partial charge >= 0.3 is 0 Å². The maximum absolute atomic E-state index is 11.6. The number of benzene rings is 1. The second-order valence-corrected chi connectivity index (χ2v) is 5.04. The fourth-order valence-electron chi connectivity index (χ4n) is 2.67. The zero-order valence-corrected chi connectivity index (χ0v) is 11.4. The van der Waals surface area contributed by atoms with Gasteiger partial charge in [0.25, 0.3) is 5.69 Å². The molecular formula is C14H18N2O4. The Kier molecular flexibility index (Phi) is 4.34. The number of nitrogens with zero attached hydrogens (tertiary/aromatic N) is 2. The van der Waals surface area contributed by atoms with Crippen LogP contribution in [0, 0.1) is 10.1 Å². The SMILES string of the molecule is CC(=O)c1cc(N2CCCCC2CO)ccc1[N+](=O)[O-]. The maximum Gasteiger partial charge on any atom is 0.280 e. The van der Waals surface area contributed by atoms with Gasteiger partial charge in [-0.2, -0.15) is 0 Å². The van der Waals surface area contributed by atoms with E-state index >= 15 is 0 Å². The highest BCUT2D eigenvalue weighted by Gasteiger charge is 2.25. The van der Waals surface area contributed by atoms with Crippen molar-refractivity contribution in [2.75, 3.05) is 18.1 Å². The number of ketones is 1. The monoisotopic (exact) mass is 278 g/mol. The Labute approximate surface area is 117 Å². The number of carbonyl (C=O) groups excluding carboxylic acids is 1. The molecule has 6 nitrogen and oxygen atoms in total. The van der Waals surface area contributed by atoms with E-state index in [2.05, 4.69) is 0 Å².